The molecule has 3 rings (SSSR count). The number of hydrogen-bond donors (Lipinski definition) is 1. The number of alkyl halides is 1. The van der Waals surface area contributed by atoms with Crippen LogP contribution in [0.2, 0.25) is 30.1 Å². The van der Waals surface area contributed by atoms with E-state index in [4.69, 9.17) is 69.6 Å². The van der Waals surface area contributed by atoms with Crippen LogP contribution < -0.4 is 5.56 Å². The smallest absolute Gasteiger partial charge is 0.251 e. The summed E-state index contributed by atoms with van der Waals surface area (Å²) >= 11 is 40.2. The minimum atomic E-state index is -0.182. The number of aromatic amines is 1. The molecule has 0 unspecified atom stereocenters. The van der Waals surface area contributed by atoms with Crippen molar-refractivity contribution < 1.29 is 0 Å². The van der Waals surface area contributed by atoms with Gasteiger partial charge in [0.2, 0.25) is 0 Å². The van der Waals surface area contributed by atoms with Gasteiger partial charge in [-0.2, -0.15) is 0 Å². The quantitative estimate of drug-likeness (QED) is 0.139. The van der Waals surface area contributed by atoms with Gasteiger partial charge < -0.3 is 4.98 Å². The van der Waals surface area contributed by atoms with Gasteiger partial charge in [-0.25, -0.2) is 4.98 Å². The average Bonchev–Trinajstić information content (AvgIpc) is 2.68. The van der Waals surface area contributed by atoms with Gasteiger partial charge in [0.1, 0.15) is 0 Å². The summed E-state index contributed by atoms with van der Waals surface area (Å²) in [7, 11) is 0. The second-order valence-corrected chi connectivity index (χ2v) is 9.67. The lowest BCUT2D eigenvalue weighted by atomic mass is 10.2. The van der Waals surface area contributed by atoms with E-state index in [1.807, 2.05) is 0 Å². The summed E-state index contributed by atoms with van der Waals surface area (Å²) in [6, 6.07) is 8.18. The fraction of sp³-hybridized carbons (Fsp3) is 0.158. The Hall–Kier alpha value is -0.110. The van der Waals surface area contributed by atoms with Crippen LogP contribution >= 0.6 is 97.3 Å². The Morgan fingerprint density at radius 2 is 1.40 bits per heavy atom. The lowest BCUT2D eigenvalue weighted by Gasteiger charge is -2.08. The maximum atomic E-state index is 11.3. The fourth-order valence-electron chi connectivity index (χ4n) is 2.15. The highest BCUT2D eigenvalue weighted by Gasteiger charge is 2.11. The van der Waals surface area contributed by atoms with E-state index in [1.165, 1.54) is 17.8 Å². The molecule has 0 bridgehead atoms. The standard InChI is InChI=1S/C12H9Cl3N2OS.C7H4BrCl3/c1-6-4-10(18)17-12(16-6)19-5-7-8(13)2-3-9(14)11(7)15;8-3-4-5(9)1-2-6(10)7(4)11/h2-4H,5H2,1H3,(H,16,17,18);1-2H,3H2. The van der Waals surface area contributed by atoms with Gasteiger partial charge in [-0.05, 0) is 31.2 Å². The van der Waals surface area contributed by atoms with Crippen molar-refractivity contribution in [1.82, 2.24) is 9.97 Å². The van der Waals surface area contributed by atoms with E-state index in [9.17, 15) is 4.79 Å². The minimum Gasteiger partial charge on any atom is -0.301 e. The van der Waals surface area contributed by atoms with Gasteiger partial charge >= 0.3 is 0 Å². The summed E-state index contributed by atoms with van der Waals surface area (Å²) < 4.78 is 0. The first-order chi connectivity index (χ1) is 14.1. The Balaban J connectivity index is 0.000000248. The third-order valence-electron chi connectivity index (χ3n) is 3.61. The Labute approximate surface area is 216 Å². The van der Waals surface area contributed by atoms with Crippen LogP contribution in [0, 0.1) is 6.92 Å². The van der Waals surface area contributed by atoms with E-state index in [0.29, 0.717) is 52.1 Å². The number of nitrogens with one attached hydrogen (secondary N) is 1. The van der Waals surface area contributed by atoms with Crippen molar-refractivity contribution in [2.24, 2.45) is 0 Å². The van der Waals surface area contributed by atoms with Crippen LogP contribution in [0.4, 0.5) is 0 Å². The maximum absolute atomic E-state index is 11.3. The summed E-state index contributed by atoms with van der Waals surface area (Å²) in [4.78, 5) is 18.2. The largest absolute Gasteiger partial charge is 0.301 e. The van der Waals surface area contributed by atoms with E-state index in [0.717, 1.165) is 11.1 Å². The molecule has 1 N–H and O–H groups in total. The SMILES string of the molecule is Cc1cc(=O)[nH]c(SCc2c(Cl)ccc(Cl)c2Cl)n1.Clc1ccc(Cl)c(CBr)c1Cl. The van der Waals surface area contributed by atoms with E-state index < -0.39 is 0 Å². The van der Waals surface area contributed by atoms with Crippen LogP contribution in [-0.2, 0) is 11.1 Å². The van der Waals surface area contributed by atoms with E-state index in [2.05, 4.69) is 25.9 Å². The molecule has 2 aromatic carbocycles. The molecule has 0 saturated carbocycles. The van der Waals surface area contributed by atoms with Crippen LogP contribution in [-0.4, -0.2) is 9.97 Å². The molecule has 1 heterocycles. The predicted octanol–water partition coefficient (Wildman–Crippen LogP) is 8.87. The molecule has 30 heavy (non-hydrogen) atoms. The molecule has 160 valence electrons. The van der Waals surface area contributed by atoms with Gasteiger partial charge in [0.15, 0.2) is 5.16 Å². The summed E-state index contributed by atoms with van der Waals surface area (Å²) in [6.45, 7) is 1.76. The Morgan fingerprint density at radius 1 is 0.900 bits per heavy atom. The highest BCUT2D eigenvalue weighted by molar-refractivity contribution is 9.08. The lowest BCUT2D eigenvalue weighted by molar-refractivity contribution is 0.905. The molecule has 0 radical (unpaired) electrons. The third-order valence-corrected chi connectivity index (χ3v) is 7.47. The molecule has 3 aromatic rings. The number of rotatable bonds is 4. The number of hydrogen-bond acceptors (Lipinski definition) is 3. The van der Waals surface area contributed by atoms with Crippen molar-refractivity contribution in [1.29, 1.82) is 0 Å². The fourth-order valence-corrected chi connectivity index (χ4v) is 5.54. The Bertz CT molecular complexity index is 1110. The monoisotopic (exact) mass is 606 g/mol. The van der Waals surface area contributed by atoms with Crippen molar-refractivity contribution in [2.75, 3.05) is 0 Å². The van der Waals surface area contributed by atoms with Gasteiger partial charge in [-0.1, -0.05) is 97.3 Å². The van der Waals surface area contributed by atoms with Crippen LogP contribution in [0.1, 0.15) is 16.8 Å². The molecular weight excluding hydrogens is 597 g/mol. The number of halogens is 7. The first kappa shape index (κ1) is 26.1. The average molecular weight is 610 g/mol. The molecule has 3 nitrogen and oxygen atoms in total. The van der Waals surface area contributed by atoms with E-state index in [-0.39, 0.29) is 5.56 Å². The zero-order valence-corrected chi connectivity index (χ0v) is 22.1. The number of nitrogens with zero attached hydrogens (tertiary/aromatic N) is 1. The maximum Gasteiger partial charge on any atom is 0.251 e. The molecule has 0 fully saturated rings. The molecule has 0 aliphatic rings. The second-order valence-electron chi connectivity index (χ2n) is 5.76. The van der Waals surface area contributed by atoms with Crippen LogP contribution in [0.15, 0.2) is 40.3 Å². The van der Waals surface area contributed by atoms with Gasteiger partial charge in [0.05, 0.1) is 20.1 Å². The normalized spacial score (nSPS) is 10.5. The van der Waals surface area contributed by atoms with Gasteiger partial charge in [-0.3, -0.25) is 4.79 Å². The molecule has 0 saturated heterocycles. The number of thioether (sulfide) groups is 1. The molecule has 0 aliphatic heterocycles. The first-order valence-electron chi connectivity index (χ1n) is 8.15. The summed E-state index contributed by atoms with van der Waals surface area (Å²) in [5.74, 6) is 0.477. The Kier molecular flexibility index (Phi) is 10.6. The zero-order chi connectivity index (χ0) is 22.4. The van der Waals surface area contributed by atoms with E-state index in [1.54, 1.807) is 31.2 Å². The molecule has 11 heteroatoms. The molecule has 1 aromatic heterocycles. The summed E-state index contributed by atoms with van der Waals surface area (Å²) in [5.41, 5.74) is 2.04. The Morgan fingerprint density at radius 3 is 1.90 bits per heavy atom. The van der Waals surface area contributed by atoms with Crippen LogP contribution in [0.3, 0.4) is 0 Å². The molecule has 0 aliphatic carbocycles. The summed E-state index contributed by atoms with van der Waals surface area (Å²) in [5, 5.41) is 4.25. The van der Waals surface area contributed by atoms with Crippen molar-refractivity contribution in [3.05, 3.63) is 87.6 Å². The number of aryl methyl sites for hydroxylation is 1. The number of H-pyrrole nitrogens is 1. The minimum absolute atomic E-state index is 0.182. The van der Waals surface area contributed by atoms with Crippen LogP contribution in [0.25, 0.3) is 0 Å². The second kappa shape index (κ2) is 12.2. The zero-order valence-electron chi connectivity index (χ0n) is 15.2. The lowest BCUT2D eigenvalue weighted by Crippen LogP contribution is -2.08. The molecule has 0 amide bonds. The highest BCUT2D eigenvalue weighted by atomic mass is 79.9. The molecule has 0 spiro atoms. The van der Waals surface area contributed by atoms with Crippen molar-refractivity contribution >= 4 is 97.3 Å². The van der Waals surface area contributed by atoms with Crippen molar-refractivity contribution in [2.45, 2.75) is 23.2 Å². The number of aromatic nitrogens is 2. The van der Waals surface area contributed by atoms with Crippen LogP contribution in [0.5, 0.6) is 0 Å². The number of benzene rings is 2. The van der Waals surface area contributed by atoms with E-state index >= 15 is 0 Å². The molecule has 0 atom stereocenters. The topological polar surface area (TPSA) is 45.8 Å². The van der Waals surface area contributed by atoms with Gasteiger partial charge in [-0.15, -0.1) is 0 Å². The highest BCUT2D eigenvalue weighted by Crippen LogP contribution is 2.35. The third kappa shape index (κ3) is 7.21. The first-order valence-corrected chi connectivity index (χ1v) is 12.5. The van der Waals surface area contributed by atoms with Crippen molar-refractivity contribution in [3.8, 4) is 0 Å². The molecular formula is C19H13BrCl6N2OS. The predicted molar refractivity (Wildman–Crippen MR) is 135 cm³/mol. The summed E-state index contributed by atoms with van der Waals surface area (Å²) in [6.07, 6.45) is 0. The van der Waals surface area contributed by atoms with Gasteiger partial charge in [0.25, 0.3) is 5.56 Å². The van der Waals surface area contributed by atoms with Crippen molar-refractivity contribution in [3.63, 3.8) is 0 Å². The van der Waals surface area contributed by atoms with Gasteiger partial charge in [0, 0.05) is 44.0 Å².